The first-order valence-electron chi connectivity index (χ1n) is 8.81. The summed E-state index contributed by atoms with van der Waals surface area (Å²) in [6.07, 6.45) is 0.0337. The van der Waals surface area contributed by atoms with Gasteiger partial charge in [0, 0.05) is 34.1 Å². The first-order chi connectivity index (χ1) is 14.0. The molecule has 1 fully saturated rings. The highest BCUT2D eigenvalue weighted by molar-refractivity contribution is 9.10. The highest BCUT2D eigenvalue weighted by atomic mass is 79.9. The van der Waals surface area contributed by atoms with Crippen LogP contribution in [0.5, 0.6) is 0 Å². The molecule has 2 aliphatic heterocycles. The van der Waals surface area contributed by atoms with Gasteiger partial charge in [0.25, 0.3) is 5.69 Å². The Morgan fingerprint density at radius 3 is 2.62 bits per heavy atom. The Bertz CT molecular complexity index is 1060. The van der Waals surface area contributed by atoms with Gasteiger partial charge >= 0.3 is 0 Å². The lowest BCUT2D eigenvalue weighted by Gasteiger charge is -2.42. The van der Waals surface area contributed by atoms with Crippen molar-refractivity contribution in [2.45, 2.75) is 12.3 Å². The number of anilines is 1. The topological polar surface area (TPSA) is 90.5 Å². The molecule has 2 aliphatic rings. The molecule has 0 radical (unpaired) electrons. The van der Waals surface area contributed by atoms with Crippen LogP contribution in [0, 0.1) is 21.4 Å². The molecule has 0 bridgehead atoms. The molecule has 2 heterocycles. The first-order valence-corrected chi connectivity index (χ1v) is 10.6. The molecule has 2 aromatic carbocycles. The lowest BCUT2D eigenvalue weighted by Crippen LogP contribution is -2.47. The maximum absolute atomic E-state index is 13.0. The Morgan fingerprint density at radius 1 is 1.21 bits per heavy atom. The molecule has 9 heteroatoms. The van der Waals surface area contributed by atoms with Crippen LogP contribution in [0.4, 0.5) is 11.4 Å². The molecule has 29 heavy (non-hydrogen) atoms. The largest absolute Gasteiger partial charge is 0.344 e. The van der Waals surface area contributed by atoms with Gasteiger partial charge in [0.2, 0.25) is 5.91 Å². The van der Waals surface area contributed by atoms with Crippen molar-refractivity contribution in [1.29, 1.82) is 5.26 Å². The van der Waals surface area contributed by atoms with Gasteiger partial charge in [-0.3, -0.25) is 19.8 Å². The van der Waals surface area contributed by atoms with Gasteiger partial charge in [0.15, 0.2) is 0 Å². The molecule has 7 nitrogen and oxygen atoms in total. The van der Waals surface area contributed by atoms with Crippen LogP contribution in [0.2, 0.25) is 0 Å². The summed E-state index contributed by atoms with van der Waals surface area (Å²) in [6.45, 7) is 0.345. The van der Waals surface area contributed by atoms with Crippen molar-refractivity contribution in [2.75, 3.05) is 17.4 Å². The zero-order valence-corrected chi connectivity index (χ0v) is 17.5. The quantitative estimate of drug-likeness (QED) is 0.481. The Hall–Kier alpha value is -2.83. The van der Waals surface area contributed by atoms with E-state index in [2.05, 4.69) is 26.9 Å². The van der Waals surface area contributed by atoms with Gasteiger partial charge in [-0.15, -0.1) is 0 Å². The standard InChI is InChI=1S/C20H15BrN4O3S/c21-13-5-7-14(8-6-13)23-11-24-19(26)9-16(17(10-22)20(24)29-12-23)15-3-1-2-4-18(15)25(27)28/h1-8,16H,9,11-12H2/t16-/m0/s1. The molecule has 0 spiro atoms. The number of thioether (sulfide) groups is 1. The molecular formula is C20H15BrN4O3S. The van der Waals surface area contributed by atoms with Crippen molar-refractivity contribution in [3.63, 3.8) is 0 Å². The van der Waals surface area contributed by atoms with Gasteiger partial charge in [-0.05, 0) is 24.3 Å². The van der Waals surface area contributed by atoms with E-state index < -0.39 is 10.8 Å². The molecule has 0 unspecified atom stereocenters. The lowest BCUT2D eigenvalue weighted by molar-refractivity contribution is -0.385. The minimum Gasteiger partial charge on any atom is -0.344 e. The third kappa shape index (κ3) is 3.61. The van der Waals surface area contributed by atoms with Gasteiger partial charge in [0.05, 0.1) is 34.1 Å². The van der Waals surface area contributed by atoms with Crippen molar-refractivity contribution in [2.24, 2.45) is 0 Å². The van der Waals surface area contributed by atoms with Gasteiger partial charge in [0.1, 0.15) is 0 Å². The minimum atomic E-state index is -0.605. The van der Waals surface area contributed by atoms with E-state index in [1.807, 2.05) is 24.3 Å². The zero-order chi connectivity index (χ0) is 20.5. The van der Waals surface area contributed by atoms with Crippen LogP contribution >= 0.6 is 27.7 Å². The molecular weight excluding hydrogens is 456 g/mol. The molecule has 1 amide bonds. The van der Waals surface area contributed by atoms with Crippen LogP contribution in [-0.2, 0) is 4.79 Å². The number of hydrogen-bond donors (Lipinski definition) is 0. The van der Waals surface area contributed by atoms with Crippen molar-refractivity contribution in [3.8, 4) is 6.07 Å². The number of carbonyl (C=O) groups excluding carboxylic acids is 1. The molecule has 0 saturated carbocycles. The number of fused-ring (bicyclic) bond motifs is 1. The number of hydrogen-bond acceptors (Lipinski definition) is 6. The van der Waals surface area contributed by atoms with E-state index in [-0.39, 0.29) is 18.0 Å². The summed E-state index contributed by atoms with van der Waals surface area (Å²) in [4.78, 5) is 27.6. The Balaban J connectivity index is 1.70. The van der Waals surface area contributed by atoms with E-state index in [9.17, 15) is 20.2 Å². The second-order valence-electron chi connectivity index (χ2n) is 6.66. The number of para-hydroxylation sites is 1. The first kappa shape index (κ1) is 19.5. The van der Waals surface area contributed by atoms with Crippen LogP contribution in [0.3, 0.4) is 0 Å². The maximum atomic E-state index is 13.0. The maximum Gasteiger partial charge on any atom is 0.273 e. The van der Waals surface area contributed by atoms with E-state index >= 15 is 0 Å². The summed E-state index contributed by atoms with van der Waals surface area (Å²) in [5.41, 5.74) is 1.74. The van der Waals surface area contributed by atoms with Crippen LogP contribution in [0.15, 0.2) is 63.6 Å². The van der Waals surface area contributed by atoms with Gasteiger partial charge in [-0.2, -0.15) is 5.26 Å². The predicted molar refractivity (Wildman–Crippen MR) is 114 cm³/mol. The van der Waals surface area contributed by atoms with Gasteiger partial charge in [-0.25, -0.2) is 0 Å². The fourth-order valence-corrected chi connectivity index (χ4v) is 5.02. The van der Waals surface area contributed by atoms with Crippen molar-refractivity contribution in [1.82, 2.24) is 4.90 Å². The summed E-state index contributed by atoms with van der Waals surface area (Å²) in [5.74, 6) is -0.168. The number of carbonyl (C=O) groups is 1. The van der Waals surface area contributed by atoms with Crippen LogP contribution < -0.4 is 4.90 Å². The molecule has 0 aromatic heterocycles. The second-order valence-corrected chi connectivity index (χ2v) is 8.51. The third-order valence-electron chi connectivity index (χ3n) is 4.99. The number of halogens is 1. The summed E-state index contributed by atoms with van der Waals surface area (Å²) in [6, 6.07) is 16.4. The highest BCUT2D eigenvalue weighted by Crippen LogP contribution is 2.45. The summed E-state index contributed by atoms with van der Waals surface area (Å²) in [5, 5.41) is 21.9. The Labute approximate surface area is 179 Å². The van der Waals surface area contributed by atoms with Crippen molar-refractivity contribution < 1.29 is 9.72 Å². The van der Waals surface area contributed by atoms with E-state index in [1.165, 1.54) is 17.8 Å². The smallest absolute Gasteiger partial charge is 0.273 e. The van der Waals surface area contributed by atoms with Crippen molar-refractivity contribution >= 4 is 45.0 Å². The average Bonchev–Trinajstić information content (AvgIpc) is 2.74. The fraction of sp³-hybridized carbons (Fsp3) is 0.200. The van der Waals surface area contributed by atoms with Gasteiger partial charge < -0.3 is 4.90 Å². The number of nitro benzene ring substituents is 1. The van der Waals surface area contributed by atoms with E-state index in [0.29, 0.717) is 28.7 Å². The molecule has 1 atom stereocenters. The number of benzene rings is 2. The van der Waals surface area contributed by atoms with Crippen LogP contribution in [0.25, 0.3) is 0 Å². The number of amides is 1. The monoisotopic (exact) mass is 470 g/mol. The number of nitro groups is 1. The molecule has 0 N–H and O–H groups in total. The zero-order valence-electron chi connectivity index (χ0n) is 15.1. The number of nitrogens with zero attached hydrogens (tertiary/aromatic N) is 4. The summed E-state index contributed by atoms with van der Waals surface area (Å²) < 4.78 is 0.972. The summed E-state index contributed by atoms with van der Waals surface area (Å²) in [7, 11) is 0. The number of allylic oxidation sites excluding steroid dienone is 1. The van der Waals surface area contributed by atoms with Crippen molar-refractivity contribution in [3.05, 3.63) is 79.3 Å². The Kier molecular flexibility index (Phi) is 5.30. The van der Waals surface area contributed by atoms with Gasteiger partial charge in [-0.1, -0.05) is 45.9 Å². The van der Waals surface area contributed by atoms with Crippen LogP contribution in [-0.4, -0.2) is 28.3 Å². The molecule has 4 rings (SSSR count). The molecule has 1 saturated heterocycles. The minimum absolute atomic E-state index is 0.0337. The number of rotatable bonds is 3. The third-order valence-corrected chi connectivity index (χ3v) is 6.68. The molecule has 0 aliphatic carbocycles. The Morgan fingerprint density at radius 2 is 1.93 bits per heavy atom. The predicted octanol–water partition coefficient (Wildman–Crippen LogP) is 4.58. The lowest BCUT2D eigenvalue weighted by atomic mass is 9.85. The highest BCUT2D eigenvalue weighted by Gasteiger charge is 2.40. The van der Waals surface area contributed by atoms with E-state index in [4.69, 9.17) is 0 Å². The molecule has 2 aromatic rings. The molecule has 146 valence electrons. The SMILES string of the molecule is N#CC1=C2SCN(c3ccc(Br)cc3)CN2C(=O)C[C@H]1c1ccccc1[N+](=O)[O-]. The number of nitriles is 1. The fourth-order valence-electron chi connectivity index (χ4n) is 3.59. The van der Waals surface area contributed by atoms with Crippen LogP contribution in [0.1, 0.15) is 17.9 Å². The average molecular weight is 471 g/mol. The second kappa shape index (κ2) is 7.89. The normalized spacial score (nSPS) is 19.0. The summed E-state index contributed by atoms with van der Waals surface area (Å²) >= 11 is 4.83. The van der Waals surface area contributed by atoms with E-state index in [0.717, 1.165) is 10.2 Å². The van der Waals surface area contributed by atoms with E-state index in [1.54, 1.807) is 23.1 Å².